The molecule has 1 atom stereocenters. The Morgan fingerprint density at radius 2 is 2.05 bits per heavy atom. The zero-order valence-electron chi connectivity index (χ0n) is 10.7. The minimum atomic E-state index is -3.21. The van der Waals surface area contributed by atoms with Crippen LogP contribution < -0.4 is 4.74 Å². The van der Waals surface area contributed by atoms with Crippen LogP contribution in [0.15, 0.2) is 53.0 Å². The molecule has 104 valence electrons. The quantitative estimate of drug-likeness (QED) is 0.940. The number of methoxy groups -OCH3 is 1. The number of rotatable bonds is 4. The molecule has 1 aromatic heterocycles. The SMILES string of the molecule is COc1ccc(S(=N)(=O)/C=C/c2ccccc2F)nc1. The second kappa shape index (κ2) is 5.83. The van der Waals surface area contributed by atoms with Crippen LogP contribution in [0.2, 0.25) is 0 Å². The number of halogens is 1. The molecule has 0 aliphatic rings. The molecule has 1 N–H and O–H groups in total. The Bertz CT molecular complexity index is 725. The van der Waals surface area contributed by atoms with E-state index in [1.807, 2.05) is 0 Å². The Morgan fingerprint density at radius 1 is 1.30 bits per heavy atom. The molecule has 0 bridgehead atoms. The Kier molecular flexibility index (Phi) is 4.14. The van der Waals surface area contributed by atoms with Crippen molar-refractivity contribution in [2.75, 3.05) is 7.11 Å². The molecule has 0 aliphatic carbocycles. The third kappa shape index (κ3) is 3.21. The maximum atomic E-state index is 13.4. The van der Waals surface area contributed by atoms with Crippen molar-refractivity contribution in [1.82, 2.24) is 4.98 Å². The summed E-state index contributed by atoms with van der Waals surface area (Å²) in [5.41, 5.74) is 0.279. The van der Waals surface area contributed by atoms with Crippen molar-refractivity contribution >= 4 is 15.8 Å². The molecule has 4 nitrogen and oxygen atoms in total. The van der Waals surface area contributed by atoms with Gasteiger partial charge in [0.1, 0.15) is 26.3 Å². The minimum absolute atomic E-state index is 0.103. The third-order valence-electron chi connectivity index (χ3n) is 2.60. The zero-order chi connectivity index (χ0) is 14.6. The van der Waals surface area contributed by atoms with Gasteiger partial charge in [0, 0.05) is 11.0 Å². The first kappa shape index (κ1) is 14.2. The van der Waals surface area contributed by atoms with Crippen LogP contribution in [-0.2, 0) is 9.73 Å². The van der Waals surface area contributed by atoms with E-state index < -0.39 is 15.5 Å². The number of benzene rings is 1. The van der Waals surface area contributed by atoms with Crippen LogP contribution in [0.4, 0.5) is 4.39 Å². The lowest BCUT2D eigenvalue weighted by Crippen LogP contribution is -1.98. The summed E-state index contributed by atoms with van der Waals surface area (Å²) in [6.07, 6.45) is 2.72. The minimum Gasteiger partial charge on any atom is -0.495 e. The van der Waals surface area contributed by atoms with Gasteiger partial charge in [-0.1, -0.05) is 18.2 Å². The highest BCUT2D eigenvalue weighted by molar-refractivity contribution is 7.95. The molecular formula is C14H13FN2O2S. The van der Waals surface area contributed by atoms with E-state index in [2.05, 4.69) is 4.98 Å². The van der Waals surface area contributed by atoms with Crippen LogP contribution in [0.5, 0.6) is 5.75 Å². The lowest BCUT2D eigenvalue weighted by molar-refractivity contribution is 0.412. The topological polar surface area (TPSA) is 63.0 Å². The van der Waals surface area contributed by atoms with Crippen molar-refractivity contribution in [2.45, 2.75) is 5.03 Å². The van der Waals surface area contributed by atoms with Gasteiger partial charge >= 0.3 is 0 Å². The van der Waals surface area contributed by atoms with Crippen LogP contribution >= 0.6 is 0 Å². The molecule has 2 aromatic rings. The molecule has 1 aromatic carbocycles. The second-order valence-corrected chi connectivity index (χ2v) is 5.85. The first-order valence-electron chi connectivity index (χ1n) is 5.74. The lowest BCUT2D eigenvalue weighted by Gasteiger charge is -2.03. The fourth-order valence-corrected chi connectivity index (χ4v) is 2.47. The van der Waals surface area contributed by atoms with Crippen molar-refractivity contribution in [3.05, 3.63) is 59.4 Å². The van der Waals surface area contributed by atoms with Crippen molar-refractivity contribution in [3.8, 4) is 5.75 Å². The van der Waals surface area contributed by atoms with E-state index in [0.717, 1.165) is 5.41 Å². The van der Waals surface area contributed by atoms with E-state index in [-0.39, 0.29) is 10.6 Å². The van der Waals surface area contributed by atoms with Gasteiger partial charge in [0.25, 0.3) is 0 Å². The highest BCUT2D eigenvalue weighted by Crippen LogP contribution is 2.16. The Hall–Kier alpha value is -2.21. The third-order valence-corrected chi connectivity index (χ3v) is 3.98. The average molecular weight is 292 g/mol. The summed E-state index contributed by atoms with van der Waals surface area (Å²) in [4.78, 5) is 3.92. The number of hydrogen-bond donors (Lipinski definition) is 1. The van der Waals surface area contributed by atoms with E-state index in [1.165, 1.54) is 31.5 Å². The monoisotopic (exact) mass is 292 g/mol. The van der Waals surface area contributed by atoms with Gasteiger partial charge in [0.05, 0.1) is 13.3 Å². The summed E-state index contributed by atoms with van der Waals surface area (Å²) in [6.45, 7) is 0. The molecular weight excluding hydrogens is 279 g/mol. The van der Waals surface area contributed by atoms with Gasteiger partial charge in [-0.3, -0.25) is 0 Å². The summed E-state index contributed by atoms with van der Waals surface area (Å²) in [7, 11) is -1.72. The fourth-order valence-electron chi connectivity index (χ4n) is 1.52. The number of pyridine rings is 1. The van der Waals surface area contributed by atoms with Crippen LogP contribution in [0.1, 0.15) is 5.56 Å². The molecule has 1 heterocycles. The lowest BCUT2D eigenvalue weighted by atomic mass is 10.2. The molecule has 0 spiro atoms. The van der Waals surface area contributed by atoms with E-state index in [9.17, 15) is 8.60 Å². The largest absolute Gasteiger partial charge is 0.495 e. The highest BCUT2D eigenvalue weighted by Gasteiger charge is 2.08. The zero-order valence-corrected chi connectivity index (χ0v) is 11.6. The van der Waals surface area contributed by atoms with Gasteiger partial charge in [-0.15, -0.1) is 0 Å². The fraction of sp³-hybridized carbons (Fsp3) is 0.0714. The van der Waals surface area contributed by atoms with E-state index in [1.54, 1.807) is 24.3 Å². The molecule has 0 saturated carbocycles. The maximum absolute atomic E-state index is 13.4. The van der Waals surface area contributed by atoms with Gasteiger partial charge in [0.2, 0.25) is 0 Å². The predicted molar refractivity (Wildman–Crippen MR) is 75.4 cm³/mol. The Balaban J connectivity index is 2.29. The molecule has 1 unspecified atom stereocenters. The van der Waals surface area contributed by atoms with Crippen molar-refractivity contribution in [3.63, 3.8) is 0 Å². The maximum Gasteiger partial charge on any atom is 0.139 e. The molecule has 0 fully saturated rings. The second-order valence-electron chi connectivity index (χ2n) is 3.96. The number of nitrogens with one attached hydrogen (secondary N) is 1. The van der Waals surface area contributed by atoms with Gasteiger partial charge in [0.15, 0.2) is 0 Å². The molecule has 6 heteroatoms. The van der Waals surface area contributed by atoms with Gasteiger partial charge in [-0.25, -0.2) is 18.4 Å². The Morgan fingerprint density at radius 3 is 2.65 bits per heavy atom. The summed E-state index contributed by atoms with van der Waals surface area (Å²) in [5, 5.41) is 1.26. The van der Waals surface area contributed by atoms with Gasteiger partial charge in [-0.2, -0.15) is 0 Å². The summed E-state index contributed by atoms with van der Waals surface area (Å²) in [5.74, 6) is 0.0867. The molecule has 20 heavy (non-hydrogen) atoms. The molecule has 0 aliphatic heterocycles. The highest BCUT2D eigenvalue weighted by atomic mass is 32.2. The number of aromatic nitrogens is 1. The number of ether oxygens (including phenoxy) is 1. The molecule has 0 radical (unpaired) electrons. The van der Waals surface area contributed by atoms with E-state index >= 15 is 0 Å². The molecule has 0 saturated heterocycles. The van der Waals surface area contributed by atoms with Crippen molar-refractivity contribution in [1.29, 1.82) is 4.78 Å². The summed E-state index contributed by atoms with van der Waals surface area (Å²) >= 11 is 0. The first-order valence-corrected chi connectivity index (χ1v) is 7.36. The van der Waals surface area contributed by atoms with Gasteiger partial charge < -0.3 is 4.74 Å². The Labute approximate surface area is 116 Å². The van der Waals surface area contributed by atoms with E-state index in [4.69, 9.17) is 9.52 Å². The average Bonchev–Trinajstić information content (AvgIpc) is 2.46. The van der Waals surface area contributed by atoms with E-state index in [0.29, 0.717) is 5.75 Å². The normalized spacial score (nSPS) is 14.1. The van der Waals surface area contributed by atoms with Crippen LogP contribution in [0.3, 0.4) is 0 Å². The summed E-state index contributed by atoms with van der Waals surface area (Å²) in [6, 6.07) is 9.11. The standard InChI is InChI=1S/C14H13FN2O2S/c1-19-12-6-7-14(17-10-12)20(16,18)9-8-11-4-2-3-5-13(11)15/h2-10,16H,1H3/b9-8+. The van der Waals surface area contributed by atoms with Crippen molar-refractivity contribution in [2.24, 2.45) is 0 Å². The van der Waals surface area contributed by atoms with Crippen molar-refractivity contribution < 1.29 is 13.3 Å². The van der Waals surface area contributed by atoms with Crippen LogP contribution in [-0.4, -0.2) is 16.3 Å². The molecule has 0 amide bonds. The predicted octanol–water partition coefficient (Wildman–Crippen LogP) is 3.31. The van der Waals surface area contributed by atoms with Crippen LogP contribution in [0.25, 0.3) is 6.08 Å². The van der Waals surface area contributed by atoms with Crippen LogP contribution in [0, 0.1) is 10.6 Å². The number of nitrogens with zero attached hydrogens (tertiary/aromatic N) is 1. The number of hydrogen-bond acceptors (Lipinski definition) is 4. The smallest absolute Gasteiger partial charge is 0.139 e. The van der Waals surface area contributed by atoms with Gasteiger partial charge in [-0.05, 0) is 24.3 Å². The first-order chi connectivity index (χ1) is 9.53. The summed E-state index contributed by atoms with van der Waals surface area (Å²) < 4.78 is 38.4. The molecule has 2 rings (SSSR count).